The van der Waals surface area contributed by atoms with Crippen LogP contribution in [0.2, 0.25) is 10.0 Å². The summed E-state index contributed by atoms with van der Waals surface area (Å²) in [6.45, 7) is 8.55. The summed E-state index contributed by atoms with van der Waals surface area (Å²) >= 11 is 21.9. The standard InChI is InChI=1S/C24H26Cl3NOS2/c1-6-14-23(27)22(24(23,30-4)31(5)29)17-10-7-8-13-20(17)28(15-16(2)3)21-18(25)11-9-12-19(21)26/h6-14,22H,2,15H2,1,3-5H3. The van der Waals surface area contributed by atoms with Gasteiger partial charge in [0.25, 0.3) is 0 Å². The fourth-order valence-electron chi connectivity index (χ4n) is 4.35. The fraction of sp³-hybridized carbons (Fsp3) is 0.333. The molecule has 0 amide bonds. The van der Waals surface area contributed by atoms with E-state index < -0.39 is 19.8 Å². The number of nitrogens with zero attached hydrogens (tertiary/aromatic N) is 1. The number of thioether (sulfide) groups is 1. The predicted molar refractivity (Wildman–Crippen MR) is 141 cm³/mol. The lowest BCUT2D eigenvalue weighted by atomic mass is 10.0. The molecule has 2 nitrogen and oxygen atoms in total. The molecule has 0 saturated heterocycles. The first kappa shape index (κ1) is 24.7. The van der Waals surface area contributed by atoms with Gasteiger partial charge in [0, 0.05) is 35.2 Å². The van der Waals surface area contributed by atoms with Gasteiger partial charge in [0.1, 0.15) is 4.08 Å². The Morgan fingerprint density at radius 1 is 1.23 bits per heavy atom. The van der Waals surface area contributed by atoms with Crippen LogP contribution >= 0.6 is 46.6 Å². The van der Waals surface area contributed by atoms with Gasteiger partial charge in [-0.15, -0.1) is 23.4 Å². The van der Waals surface area contributed by atoms with Gasteiger partial charge in [0.05, 0.1) is 20.6 Å². The molecule has 2 aromatic rings. The summed E-state index contributed by atoms with van der Waals surface area (Å²) in [4.78, 5) is 1.33. The van der Waals surface area contributed by atoms with E-state index in [1.54, 1.807) is 18.0 Å². The third-order valence-corrected chi connectivity index (χ3v) is 10.9. The van der Waals surface area contributed by atoms with E-state index in [1.165, 1.54) is 0 Å². The highest BCUT2D eigenvalue weighted by Crippen LogP contribution is 2.74. The first-order valence-electron chi connectivity index (χ1n) is 9.82. The normalized spacial score (nSPS) is 26.1. The van der Waals surface area contributed by atoms with Gasteiger partial charge < -0.3 is 4.90 Å². The van der Waals surface area contributed by atoms with Gasteiger partial charge >= 0.3 is 0 Å². The molecule has 2 aromatic carbocycles. The fourth-order valence-corrected chi connectivity index (χ4v) is 9.24. The quantitative estimate of drug-likeness (QED) is 0.265. The lowest BCUT2D eigenvalue weighted by Gasteiger charge is -2.29. The molecule has 0 aliphatic heterocycles. The number of benzene rings is 2. The van der Waals surface area contributed by atoms with E-state index in [-0.39, 0.29) is 5.92 Å². The maximum atomic E-state index is 13.0. The molecule has 1 fully saturated rings. The van der Waals surface area contributed by atoms with Gasteiger partial charge in [-0.3, -0.25) is 4.21 Å². The summed E-state index contributed by atoms with van der Waals surface area (Å²) < 4.78 is 12.3. The molecule has 0 heterocycles. The zero-order valence-corrected chi connectivity index (χ0v) is 21.9. The van der Waals surface area contributed by atoms with Crippen LogP contribution in [-0.4, -0.2) is 32.2 Å². The van der Waals surface area contributed by atoms with Gasteiger partial charge in [-0.1, -0.05) is 71.8 Å². The predicted octanol–water partition coefficient (Wildman–Crippen LogP) is 7.80. The summed E-state index contributed by atoms with van der Waals surface area (Å²) in [7, 11) is -1.16. The molecule has 4 atom stereocenters. The molecule has 3 rings (SSSR count). The average Bonchev–Trinajstić information content (AvgIpc) is 3.26. The average molecular weight is 515 g/mol. The van der Waals surface area contributed by atoms with Gasteiger partial charge in [-0.05, 0) is 43.9 Å². The third-order valence-electron chi connectivity index (χ3n) is 5.56. The lowest BCUT2D eigenvalue weighted by Crippen LogP contribution is -2.22. The Hall–Kier alpha value is -0.910. The molecule has 0 aromatic heterocycles. The van der Waals surface area contributed by atoms with Crippen LogP contribution in [0.3, 0.4) is 0 Å². The van der Waals surface area contributed by atoms with Gasteiger partial charge in [-0.25, -0.2) is 0 Å². The Morgan fingerprint density at radius 3 is 2.35 bits per heavy atom. The molecule has 0 N–H and O–H groups in total. The van der Waals surface area contributed by atoms with Crippen LogP contribution in [0.25, 0.3) is 0 Å². The molecule has 1 aliphatic carbocycles. The van der Waals surface area contributed by atoms with Crippen LogP contribution in [0.15, 0.2) is 66.8 Å². The van der Waals surface area contributed by atoms with Crippen molar-refractivity contribution >= 4 is 68.7 Å². The molecule has 1 aliphatic rings. The molecule has 166 valence electrons. The van der Waals surface area contributed by atoms with E-state index in [1.807, 2.05) is 68.7 Å². The highest BCUT2D eigenvalue weighted by atomic mass is 35.5. The molecular weight excluding hydrogens is 489 g/mol. The van der Waals surface area contributed by atoms with Crippen LogP contribution in [0.4, 0.5) is 11.4 Å². The molecular formula is C24H26Cl3NOS2. The molecule has 31 heavy (non-hydrogen) atoms. The molecule has 4 unspecified atom stereocenters. The zero-order chi connectivity index (χ0) is 23.0. The number of hydrogen-bond donors (Lipinski definition) is 0. The Balaban J connectivity index is 2.25. The van der Waals surface area contributed by atoms with Crippen LogP contribution in [0.5, 0.6) is 0 Å². The monoisotopic (exact) mass is 513 g/mol. The lowest BCUT2D eigenvalue weighted by molar-refractivity contribution is 0.683. The van der Waals surface area contributed by atoms with E-state index >= 15 is 0 Å². The van der Waals surface area contributed by atoms with Crippen molar-refractivity contribution in [3.63, 3.8) is 0 Å². The number of para-hydroxylation sites is 2. The van der Waals surface area contributed by atoms with Crippen molar-refractivity contribution in [3.05, 3.63) is 82.4 Å². The number of halogens is 3. The molecule has 7 heteroatoms. The summed E-state index contributed by atoms with van der Waals surface area (Å²) in [6, 6.07) is 13.5. The number of anilines is 2. The van der Waals surface area contributed by atoms with E-state index in [9.17, 15) is 4.21 Å². The van der Waals surface area contributed by atoms with Crippen LogP contribution in [0, 0.1) is 0 Å². The topological polar surface area (TPSA) is 20.3 Å². The number of rotatable bonds is 8. The minimum absolute atomic E-state index is 0.149. The molecule has 0 bridgehead atoms. The van der Waals surface area contributed by atoms with Gasteiger partial charge in [0.15, 0.2) is 0 Å². The Labute approximate surface area is 207 Å². The molecule has 0 spiro atoms. The highest BCUT2D eigenvalue weighted by molar-refractivity contribution is 8.12. The van der Waals surface area contributed by atoms with E-state index in [2.05, 4.69) is 17.5 Å². The maximum Gasteiger partial charge on any atom is 0.123 e. The Kier molecular flexibility index (Phi) is 7.60. The van der Waals surface area contributed by atoms with Crippen molar-refractivity contribution in [3.8, 4) is 0 Å². The summed E-state index contributed by atoms with van der Waals surface area (Å²) in [5, 5.41) is 1.11. The second-order valence-corrected chi connectivity index (χ2v) is 12.0. The second-order valence-electron chi connectivity index (χ2n) is 7.70. The van der Waals surface area contributed by atoms with E-state index in [0.717, 1.165) is 22.5 Å². The number of hydrogen-bond acceptors (Lipinski definition) is 3. The number of alkyl halides is 1. The minimum atomic E-state index is -1.16. The zero-order valence-electron chi connectivity index (χ0n) is 18.0. The highest BCUT2D eigenvalue weighted by Gasteiger charge is 2.78. The smallest absolute Gasteiger partial charge is 0.123 e. The molecule has 0 radical (unpaired) electrons. The number of allylic oxidation sites excluding steroid dienone is 2. The van der Waals surface area contributed by atoms with Crippen molar-refractivity contribution in [2.75, 3.05) is 24.0 Å². The van der Waals surface area contributed by atoms with Gasteiger partial charge in [0.2, 0.25) is 0 Å². The Morgan fingerprint density at radius 2 is 1.84 bits per heavy atom. The second kappa shape index (κ2) is 9.52. The summed E-state index contributed by atoms with van der Waals surface area (Å²) in [6.07, 6.45) is 7.61. The van der Waals surface area contributed by atoms with Crippen LogP contribution < -0.4 is 4.90 Å². The SMILES string of the molecule is C=C(C)CN(c1ccccc1C1C(Cl)(C=CC)C1(SC)S(C)=O)c1c(Cl)cccc1Cl. The van der Waals surface area contributed by atoms with E-state index in [0.29, 0.717) is 16.6 Å². The van der Waals surface area contributed by atoms with Crippen molar-refractivity contribution in [2.45, 2.75) is 28.7 Å². The van der Waals surface area contributed by atoms with Gasteiger partial charge in [-0.2, -0.15) is 0 Å². The largest absolute Gasteiger partial charge is 0.335 e. The maximum absolute atomic E-state index is 13.0. The first-order chi connectivity index (χ1) is 14.7. The minimum Gasteiger partial charge on any atom is -0.335 e. The van der Waals surface area contributed by atoms with Crippen molar-refractivity contribution in [2.24, 2.45) is 0 Å². The van der Waals surface area contributed by atoms with Crippen LogP contribution in [-0.2, 0) is 10.8 Å². The summed E-state index contributed by atoms with van der Waals surface area (Å²) in [5.41, 5.74) is 3.63. The molecule has 1 saturated carbocycles. The van der Waals surface area contributed by atoms with Crippen molar-refractivity contribution in [1.82, 2.24) is 0 Å². The van der Waals surface area contributed by atoms with Crippen LogP contribution in [0.1, 0.15) is 25.3 Å². The van der Waals surface area contributed by atoms with Crippen molar-refractivity contribution < 1.29 is 4.21 Å². The first-order valence-corrected chi connectivity index (χ1v) is 13.7. The van der Waals surface area contributed by atoms with E-state index in [4.69, 9.17) is 34.8 Å². The summed E-state index contributed by atoms with van der Waals surface area (Å²) in [5.74, 6) is -0.149. The third kappa shape index (κ3) is 4.11. The Bertz CT molecular complexity index is 1040. The van der Waals surface area contributed by atoms with Crippen molar-refractivity contribution in [1.29, 1.82) is 0 Å².